The molecule has 0 atom stereocenters. The van der Waals surface area contributed by atoms with Crippen molar-refractivity contribution in [3.05, 3.63) is 29.6 Å². The number of hydrogen-bond donors (Lipinski definition) is 0. The van der Waals surface area contributed by atoms with Crippen LogP contribution in [0.5, 0.6) is 5.75 Å². The van der Waals surface area contributed by atoms with Crippen molar-refractivity contribution in [2.24, 2.45) is 11.3 Å². The van der Waals surface area contributed by atoms with Gasteiger partial charge in [0.1, 0.15) is 18.1 Å². The number of ether oxygens (including phenoxy) is 2. The number of rotatable bonds is 8. The molecule has 1 spiro atoms. The molecule has 1 saturated carbocycles. The molecular formula is C25H34FN3O4. The summed E-state index contributed by atoms with van der Waals surface area (Å²) in [6.07, 6.45) is 6.15. The molecule has 0 bridgehead atoms. The van der Waals surface area contributed by atoms with E-state index in [-0.39, 0.29) is 24.3 Å². The Kier molecular flexibility index (Phi) is 8.17. The first-order valence-corrected chi connectivity index (χ1v) is 11.7. The summed E-state index contributed by atoms with van der Waals surface area (Å²) in [7, 11) is 1.46. The number of likely N-dealkylation sites (tertiary alicyclic amines) is 1. The normalized spacial score (nSPS) is 17.4. The van der Waals surface area contributed by atoms with E-state index < -0.39 is 11.7 Å². The van der Waals surface area contributed by atoms with Gasteiger partial charge in [-0.3, -0.25) is 4.79 Å². The Morgan fingerprint density at radius 2 is 2.00 bits per heavy atom. The largest absolute Gasteiger partial charge is 0.493 e. The summed E-state index contributed by atoms with van der Waals surface area (Å²) >= 11 is 0. The molecule has 1 aliphatic carbocycles. The standard InChI is InChI=1S/C25H34FN3O4/c1-18(2)33-24(31)29-11-8-25(9-12-29)16-19(17-25)5-4-14-32-20-6-7-21(22(26)15-20)23(30)28(3)13-10-27/h6-7,15,18-19H,4-5,8-9,11-14,16-17H2,1-3H3. The Morgan fingerprint density at radius 3 is 2.61 bits per heavy atom. The zero-order valence-corrected chi connectivity index (χ0v) is 19.8. The van der Waals surface area contributed by atoms with Crippen LogP contribution in [0.2, 0.25) is 0 Å². The van der Waals surface area contributed by atoms with Crippen LogP contribution in [-0.4, -0.2) is 61.2 Å². The van der Waals surface area contributed by atoms with Crippen molar-refractivity contribution in [3.8, 4) is 11.8 Å². The number of benzene rings is 1. The van der Waals surface area contributed by atoms with Gasteiger partial charge in [-0.05, 0) is 75.8 Å². The average Bonchev–Trinajstić information content (AvgIpc) is 2.75. The summed E-state index contributed by atoms with van der Waals surface area (Å²) in [6.45, 7) is 5.69. The smallest absolute Gasteiger partial charge is 0.410 e. The van der Waals surface area contributed by atoms with Gasteiger partial charge in [0.05, 0.1) is 24.3 Å². The predicted molar refractivity (Wildman–Crippen MR) is 121 cm³/mol. The third-order valence-electron chi connectivity index (χ3n) is 6.71. The van der Waals surface area contributed by atoms with Crippen molar-refractivity contribution < 1.29 is 23.5 Å². The van der Waals surface area contributed by atoms with Crippen molar-refractivity contribution in [3.63, 3.8) is 0 Å². The van der Waals surface area contributed by atoms with Crippen molar-refractivity contribution in [1.29, 1.82) is 5.26 Å². The fourth-order valence-electron chi connectivity index (χ4n) is 4.92. The van der Waals surface area contributed by atoms with Crippen LogP contribution in [0.1, 0.15) is 62.7 Å². The molecule has 1 aliphatic heterocycles. The molecule has 2 amide bonds. The first-order chi connectivity index (χ1) is 15.7. The van der Waals surface area contributed by atoms with Gasteiger partial charge in [0.25, 0.3) is 5.91 Å². The van der Waals surface area contributed by atoms with Crippen molar-refractivity contribution in [2.75, 3.05) is 33.3 Å². The van der Waals surface area contributed by atoms with E-state index in [1.165, 1.54) is 36.9 Å². The van der Waals surface area contributed by atoms with Gasteiger partial charge in [-0.15, -0.1) is 0 Å². The molecule has 33 heavy (non-hydrogen) atoms. The van der Waals surface area contributed by atoms with Gasteiger partial charge in [-0.25, -0.2) is 9.18 Å². The summed E-state index contributed by atoms with van der Waals surface area (Å²) in [5.41, 5.74) is 0.313. The van der Waals surface area contributed by atoms with E-state index in [0.717, 1.165) is 38.8 Å². The van der Waals surface area contributed by atoms with Gasteiger partial charge in [-0.2, -0.15) is 5.26 Å². The van der Waals surface area contributed by atoms with Crippen LogP contribution >= 0.6 is 0 Å². The molecule has 0 N–H and O–H groups in total. The lowest BCUT2D eigenvalue weighted by Gasteiger charge is -2.52. The average molecular weight is 460 g/mol. The second-order valence-corrected chi connectivity index (χ2v) is 9.65. The number of nitriles is 1. The highest BCUT2D eigenvalue weighted by Gasteiger charge is 2.46. The third kappa shape index (κ3) is 6.37. The highest BCUT2D eigenvalue weighted by molar-refractivity contribution is 5.94. The number of halogens is 1. The first kappa shape index (κ1) is 24.8. The van der Waals surface area contributed by atoms with Gasteiger partial charge < -0.3 is 19.3 Å². The van der Waals surface area contributed by atoms with Gasteiger partial charge in [0, 0.05) is 26.2 Å². The van der Waals surface area contributed by atoms with Crippen LogP contribution in [0.4, 0.5) is 9.18 Å². The lowest BCUT2D eigenvalue weighted by atomic mass is 9.56. The Hall–Kier alpha value is -2.82. The predicted octanol–water partition coefficient (Wildman–Crippen LogP) is 4.62. The van der Waals surface area contributed by atoms with Gasteiger partial charge in [-0.1, -0.05) is 0 Å². The summed E-state index contributed by atoms with van der Waals surface area (Å²) in [5, 5.41) is 8.68. The van der Waals surface area contributed by atoms with Crippen molar-refractivity contribution >= 4 is 12.0 Å². The van der Waals surface area contributed by atoms with E-state index in [4.69, 9.17) is 14.7 Å². The molecular weight excluding hydrogens is 425 g/mol. The van der Waals surface area contributed by atoms with Gasteiger partial charge in [0.2, 0.25) is 0 Å². The van der Waals surface area contributed by atoms with E-state index in [1.807, 2.05) is 24.8 Å². The second kappa shape index (κ2) is 10.9. The van der Waals surface area contributed by atoms with Crippen LogP contribution < -0.4 is 4.74 Å². The second-order valence-electron chi connectivity index (χ2n) is 9.65. The van der Waals surface area contributed by atoms with Crippen LogP contribution in [0, 0.1) is 28.5 Å². The maximum Gasteiger partial charge on any atom is 0.410 e. The third-order valence-corrected chi connectivity index (χ3v) is 6.71. The minimum absolute atomic E-state index is 0.0663. The molecule has 1 saturated heterocycles. The van der Waals surface area contributed by atoms with Crippen molar-refractivity contribution in [1.82, 2.24) is 9.80 Å². The Labute approximate surface area is 195 Å². The van der Waals surface area contributed by atoms with Gasteiger partial charge >= 0.3 is 6.09 Å². The zero-order valence-electron chi connectivity index (χ0n) is 19.8. The van der Waals surface area contributed by atoms with E-state index in [1.54, 1.807) is 6.07 Å². The topological polar surface area (TPSA) is 82.9 Å². The molecule has 0 radical (unpaired) electrons. The van der Waals surface area contributed by atoms with E-state index in [9.17, 15) is 14.0 Å². The number of hydrogen-bond acceptors (Lipinski definition) is 5. The molecule has 2 aliphatic rings. The summed E-state index contributed by atoms with van der Waals surface area (Å²) in [6, 6.07) is 6.09. The molecule has 1 aromatic rings. The molecule has 3 rings (SSSR count). The van der Waals surface area contributed by atoms with Crippen molar-refractivity contribution in [2.45, 2.75) is 58.5 Å². The van der Waals surface area contributed by atoms with Crippen LogP contribution in [0.15, 0.2) is 18.2 Å². The molecule has 7 nitrogen and oxygen atoms in total. The van der Waals surface area contributed by atoms with Crippen LogP contribution in [-0.2, 0) is 4.74 Å². The quantitative estimate of drug-likeness (QED) is 0.419. The maximum atomic E-state index is 14.3. The molecule has 8 heteroatoms. The Balaban J connectivity index is 1.34. The minimum atomic E-state index is -0.646. The molecule has 0 aromatic heterocycles. The fraction of sp³-hybridized carbons (Fsp3) is 0.640. The fourth-order valence-corrected chi connectivity index (χ4v) is 4.92. The van der Waals surface area contributed by atoms with E-state index in [0.29, 0.717) is 23.7 Å². The SMILES string of the molecule is CC(C)OC(=O)N1CCC2(CC1)CC(CCCOc1ccc(C(=O)N(C)CC#N)c(F)c1)C2. The lowest BCUT2D eigenvalue weighted by Crippen LogP contribution is -2.49. The number of piperidine rings is 1. The van der Waals surface area contributed by atoms with Gasteiger partial charge in [0.15, 0.2) is 0 Å². The number of amides is 2. The highest BCUT2D eigenvalue weighted by atomic mass is 19.1. The summed E-state index contributed by atoms with van der Waals surface area (Å²) in [5.74, 6) is -0.0955. The highest BCUT2D eigenvalue weighted by Crippen LogP contribution is 2.54. The molecule has 180 valence electrons. The Morgan fingerprint density at radius 1 is 1.30 bits per heavy atom. The maximum absolute atomic E-state index is 14.3. The minimum Gasteiger partial charge on any atom is -0.493 e. The molecule has 1 heterocycles. The van der Waals surface area contributed by atoms with Crippen LogP contribution in [0.3, 0.4) is 0 Å². The van der Waals surface area contributed by atoms with Crippen LogP contribution in [0.25, 0.3) is 0 Å². The first-order valence-electron chi connectivity index (χ1n) is 11.7. The number of carbonyl (C=O) groups excluding carboxylic acids is 2. The Bertz CT molecular complexity index is 882. The summed E-state index contributed by atoms with van der Waals surface area (Å²) < 4.78 is 25.3. The number of nitrogens with zero attached hydrogens (tertiary/aromatic N) is 3. The number of carbonyl (C=O) groups is 2. The van der Waals surface area contributed by atoms with E-state index in [2.05, 4.69) is 0 Å². The zero-order chi connectivity index (χ0) is 24.0. The molecule has 0 unspecified atom stereocenters. The monoisotopic (exact) mass is 459 g/mol. The lowest BCUT2D eigenvalue weighted by molar-refractivity contribution is -0.0203. The van der Waals surface area contributed by atoms with E-state index >= 15 is 0 Å². The molecule has 1 aromatic carbocycles. The summed E-state index contributed by atoms with van der Waals surface area (Å²) in [4.78, 5) is 27.2. The molecule has 2 fully saturated rings.